The number of carbonyl (C=O) groups excluding carboxylic acids is 1. The molecule has 1 amide bonds. The number of nitro groups is 1. The number of nitrogens with two attached hydrogens (primary N) is 1. The van der Waals surface area contributed by atoms with E-state index in [1.165, 1.54) is 12.1 Å². The molecule has 2 N–H and O–H groups in total. The highest BCUT2D eigenvalue weighted by Crippen LogP contribution is 2.20. The van der Waals surface area contributed by atoms with Crippen molar-refractivity contribution in [2.75, 3.05) is 13.1 Å². The minimum Gasteiger partial charge on any atom is -0.334 e. The van der Waals surface area contributed by atoms with Gasteiger partial charge in [0.1, 0.15) is 0 Å². The molecular formula is C18H22ClN3O3. The Balaban J connectivity index is 0.00000312. The van der Waals surface area contributed by atoms with Crippen LogP contribution in [-0.2, 0) is 6.54 Å². The lowest BCUT2D eigenvalue weighted by Crippen LogP contribution is -2.33. The highest BCUT2D eigenvalue weighted by molar-refractivity contribution is 5.96. The molecule has 134 valence electrons. The molecule has 0 radical (unpaired) electrons. The lowest BCUT2D eigenvalue weighted by atomic mass is 10.1. The van der Waals surface area contributed by atoms with Gasteiger partial charge in [-0.05, 0) is 31.0 Å². The zero-order chi connectivity index (χ0) is 17.5. The van der Waals surface area contributed by atoms with E-state index >= 15 is 0 Å². The SMILES string of the molecule is Cc1ccc([N+](=O)[O-])cc1C(=O)N(CCCN)Cc1ccccc1.Cl. The van der Waals surface area contributed by atoms with Gasteiger partial charge in [0.25, 0.3) is 11.6 Å². The Bertz CT molecular complexity index is 723. The molecule has 0 aromatic heterocycles. The number of halogens is 1. The number of non-ortho nitro benzene ring substituents is 1. The average Bonchev–Trinajstić information content (AvgIpc) is 2.59. The first-order valence-electron chi connectivity index (χ1n) is 7.81. The van der Waals surface area contributed by atoms with E-state index in [4.69, 9.17) is 5.73 Å². The van der Waals surface area contributed by atoms with Crippen LogP contribution in [0, 0.1) is 17.0 Å². The number of hydrogen-bond acceptors (Lipinski definition) is 4. The Morgan fingerprint density at radius 3 is 2.48 bits per heavy atom. The molecule has 25 heavy (non-hydrogen) atoms. The summed E-state index contributed by atoms with van der Waals surface area (Å²) in [6, 6.07) is 14.0. The fourth-order valence-electron chi connectivity index (χ4n) is 2.46. The summed E-state index contributed by atoms with van der Waals surface area (Å²) >= 11 is 0. The van der Waals surface area contributed by atoms with Gasteiger partial charge in [0.05, 0.1) is 4.92 Å². The highest BCUT2D eigenvalue weighted by atomic mass is 35.5. The number of aryl methyl sites for hydroxylation is 1. The maximum atomic E-state index is 12.9. The number of amides is 1. The quantitative estimate of drug-likeness (QED) is 0.603. The molecule has 6 nitrogen and oxygen atoms in total. The third-order valence-electron chi connectivity index (χ3n) is 3.80. The Morgan fingerprint density at radius 1 is 1.20 bits per heavy atom. The summed E-state index contributed by atoms with van der Waals surface area (Å²) < 4.78 is 0. The molecule has 2 aromatic carbocycles. The van der Waals surface area contributed by atoms with Gasteiger partial charge in [-0.3, -0.25) is 14.9 Å². The maximum absolute atomic E-state index is 12.9. The van der Waals surface area contributed by atoms with Crippen LogP contribution in [0.5, 0.6) is 0 Å². The molecule has 0 aliphatic heterocycles. The summed E-state index contributed by atoms with van der Waals surface area (Å²) in [7, 11) is 0. The van der Waals surface area contributed by atoms with Crippen molar-refractivity contribution < 1.29 is 9.72 Å². The second kappa shape index (κ2) is 9.76. The monoisotopic (exact) mass is 363 g/mol. The van der Waals surface area contributed by atoms with Gasteiger partial charge in [-0.2, -0.15) is 0 Å². The molecule has 0 fully saturated rings. The number of nitrogens with zero attached hydrogens (tertiary/aromatic N) is 2. The summed E-state index contributed by atoms with van der Waals surface area (Å²) in [5.41, 5.74) is 7.58. The third-order valence-corrected chi connectivity index (χ3v) is 3.80. The van der Waals surface area contributed by atoms with E-state index < -0.39 is 4.92 Å². The third kappa shape index (κ3) is 5.55. The molecule has 0 bridgehead atoms. The van der Waals surface area contributed by atoms with Gasteiger partial charge in [-0.25, -0.2) is 0 Å². The Labute approximate surface area is 153 Å². The van der Waals surface area contributed by atoms with Crippen LogP contribution in [0.3, 0.4) is 0 Å². The van der Waals surface area contributed by atoms with Crippen LogP contribution in [0.2, 0.25) is 0 Å². The zero-order valence-electron chi connectivity index (χ0n) is 14.1. The van der Waals surface area contributed by atoms with Crippen molar-refractivity contribution in [1.82, 2.24) is 4.90 Å². The molecule has 0 aliphatic rings. The van der Waals surface area contributed by atoms with E-state index in [-0.39, 0.29) is 24.0 Å². The van der Waals surface area contributed by atoms with Crippen LogP contribution in [-0.4, -0.2) is 28.8 Å². The van der Waals surface area contributed by atoms with Gasteiger partial charge in [-0.15, -0.1) is 12.4 Å². The molecule has 2 rings (SSSR count). The predicted molar refractivity (Wildman–Crippen MR) is 99.9 cm³/mol. The van der Waals surface area contributed by atoms with Crippen LogP contribution < -0.4 is 5.73 Å². The molecule has 0 unspecified atom stereocenters. The number of nitro benzene ring substituents is 1. The molecule has 0 saturated carbocycles. The molecule has 0 heterocycles. The lowest BCUT2D eigenvalue weighted by molar-refractivity contribution is -0.384. The van der Waals surface area contributed by atoms with Crippen LogP contribution in [0.1, 0.15) is 27.9 Å². The van der Waals surface area contributed by atoms with E-state index in [1.54, 1.807) is 17.9 Å². The van der Waals surface area contributed by atoms with Crippen molar-refractivity contribution in [3.8, 4) is 0 Å². The largest absolute Gasteiger partial charge is 0.334 e. The van der Waals surface area contributed by atoms with Crippen LogP contribution in [0.25, 0.3) is 0 Å². The summed E-state index contributed by atoms with van der Waals surface area (Å²) in [4.78, 5) is 25.1. The maximum Gasteiger partial charge on any atom is 0.270 e. The normalized spacial score (nSPS) is 10.0. The van der Waals surface area contributed by atoms with E-state index in [9.17, 15) is 14.9 Å². The van der Waals surface area contributed by atoms with E-state index in [1.807, 2.05) is 30.3 Å². The predicted octanol–water partition coefficient (Wildman–Crippen LogP) is 3.32. The highest BCUT2D eigenvalue weighted by Gasteiger charge is 2.20. The summed E-state index contributed by atoms with van der Waals surface area (Å²) in [6.07, 6.45) is 0.673. The second-order valence-corrected chi connectivity index (χ2v) is 5.61. The van der Waals surface area contributed by atoms with Crippen molar-refractivity contribution in [3.05, 3.63) is 75.3 Å². The van der Waals surface area contributed by atoms with Gasteiger partial charge in [0.15, 0.2) is 0 Å². The lowest BCUT2D eigenvalue weighted by Gasteiger charge is -2.23. The van der Waals surface area contributed by atoms with Gasteiger partial charge in [0.2, 0.25) is 0 Å². The fraction of sp³-hybridized carbons (Fsp3) is 0.278. The van der Waals surface area contributed by atoms with Gasteiger partial charge < -0.3 is 10.6 Å². The van der Waals surface area contributed by atoms with Crippen LogP contribution in [0.15, 0.2) is 48.5 Å². The molecule has 2 aromatic rings. The Morgan fingerprint density at radius 2 is 1.88 bits per heavy atom. The van der Waals surface area contributed by atoms with Crippen molar-refractivity contribution in [2.45, 2.75) is 19.9 Å². The average molecular weight is 364 g/mol. The Hall–Kier alpha value is -2.44. The summed E-state index contributed by atoms with van der Waals surface area (Å²) in [6.45, 7) is 3.21. The van der Waals surface area contributed by atoms with Crippen molar-refractivity contribution in [1.29, 1.82) is 0 Å². The second-order valence-electron chi connectivity index (χ2n) is 5.61. The first-order chi connectivity index (χ1) is 11.5. The smallest absolute Gasteiger partial charge is 0.270 e. The molecule has 0 saturated heterocycles. The first kappa shape index (κ1) is 20.6. The number of hydrogen-bond donors (Lipinski definition) is 1. The van der Waals surface area contributed by atoms with Gasteiger partial charge >= 0.3 is 0 Å². The zero-order valence-corrected chi connectivity index (χ0v) is 14.9. The van der Waals surface area contributed by atoms with Gasteiger partial charge in [0, 0.05) is 30.8 Å². The molecule has 0 aliphatic carbocycles. The summed E-state index contributed by atoms with van der Waals surface area (Å²) in [5.74, 6) is -0.214. The topological polar surface area (TPSA) is 89.5 Å². The minimum absolute atomic E-state index is 0. The molecule has 0 atom stereocenters. The minimum atomic E-state index is -0.488. The molecule has 0 spiro atoms. The van der Waals surface area contributed by atoms with Crippen molar-refractivity contribution in [3.63, 3.8) is 0 Å². The number of rotatable bonds is 7. The Kier molecular flexibility index (Phi) is 8.04. The number of benzene rings is 2. The fourth-order valence-corrected chi connectivity index (χ4v) is 2.46. The van der Waals surface area contributed by atoms with E-state index in [0.29, 0.717) is 31.6 Å². The number of carbonyl (C=O) groups is 1. The summed E-state index contributed by atoms with van der Waals surface area (Å²) in [5, 5.41) is 11.0. The van der Waals surface area contributed by atoms with E-state index in [2.05, 4.69) is 0 Å². The standard InChI is InChI=1S/C18H21N3O3.ClH/c1-14-8-9-16(21(23)24)12-17(14)18(22)20(11-5-10-19)13-15-6-3-2-4-7-15;/h2-4,6-9,12H,5,10-11,13,19H2,1H3;1H. The molecule has 7 heteroatoms. The molecular weight excluding hydrogens is 342 g/mol. The van der Waals surface area contributed by atoms with Crippen LogP contribution >= 0.6 is 12.4 Å². The van der Waals surface area contributed by atoms with E-state index in [0.717, 1.165) is 11.1 Å². The van der Waals surface area contributed by atoms with Crippen LogP contribution in [0.4, 0.5) is 5.69 Å². The van der Waals surface area contributed by atoms with Gasteiger partial charge in [-0.1, -0.05) is 36.4 Å². The van der Waals surface area contributed by atoms with Crippen molar-refractivity contribution in [2.24, 2.45) is 5.73 Å². The van der Waals surface area contributed by atoms with Crippen molar-refractivity contribution >= 4 is 24.0 Å². The first-order valence-corrected chi connectivity index (χ1v) is 7.81.